The quantitative estimate of drug-likeness (QED) is 0.643. The van der Waals surface area contributed by atoms with Gasteiger partial charge in [0.05, 0.1) is 10.4 Å². The zero-order valence-electron chi connectivity index (χ0n) is 11.0. The number of carbonyl (C=O) groups is 1. The molecule has 1 aliphatic rings. The number of rotatable bonds is 2. The number of nitrogens with one attached hydrogen (secondary N) is 1. The van der Waals surface area contributed by atoms with Crippen molar-refractivity contribution in [1.82, 2.24) is 5.32 Å². The standard InChI is InChI=1S/C15H19NOS/c1-4-15(2,3)16-14(17)13-10-11-8-6-5-7-9-12(11)18-13/h1,10H,5-9H2,2-3H3,(H,16,17). The third-order valence-corrected chi connectivity index (χ3v) is 4.49. The Hall–Kier alpha value is -1.27. The molecule has 0 spiro atoms. The second-order valence-electron chi connectivity index (χ2n) is 5.34. The number of fused-ring (bicyclic) bond motifs is 1. The molecule has 0 bridgehead atoms. The summed E-state index contributed by atoms with van der Waals surface area (Å²) in [5.74, 6) is 2.54. The van der Waals surface area contributed by atoms with E-state index in [2.05, 4.69) is 11.2 Å². The number of hydrogen-bond donors (Lipinski definition) is 1. The fraction of sp³-hybridized carbons (Fsp3) is 0.533. The molecule has 1 aliphatic carbocycles. The Balaban J connectivity index is 2.15. The van der Waals surface area contributed by atoms with Crippen molar-refractivity contribution >= 4 is 17.2 Å². The predicted molar refractivity (Wildman–Crippen MR) is 76.0 cm³/mol. The van der Waals surface area contributed by atoms with Crippen LogP contribution in [0.25, 0.3) is 0 Å². The molecule has 0 radical (unpaired) electrons. The summed E-state index contributed by atoms with van der Waals surface area (Å²) < 4.78 is 0. The number of hydrogen-bond acceptors (Lipinski definition) is 2. The van der Waals surface area contributed by atoms with Crippen LogP contribution < -0.4 is 5.32 Å². The molecule has 0 fully saturated rings. The summed E-state index contributed by atoms with van der Waals surface area (Å²) in [6.07, 6.45) is 11.4. The van der Waals surface area contributed by atoms with Gasteiger partial charge in [-0.2, -0.15) is 0 Å². The van der Waals surface area contributed by atoms with Crippen molar-refractivity contribution in [3.63, 3.8) is 0 Å². The Bertz CT molecular complexity index is 470. The van der Waals surface area contributed by atoms with Gasteiger partial charge in [-0.15, -0.1) is 17.8 Å². The maximum Gasteiger partial charge on any atom is 0.262 e. The number of terminal acetylenes is 1. The maximum atomic E-state index is 12.1. The first kappa shape index (κ1) is 13.2. The molecule has 96 valence electrons. The van der Waals surface area contributed by atoms with Crippen LogP contribution in [0.5, 0.6) is 0 Å². The first-order chi connectivity index (χ1) is 8.52. The second kappa shape index (κ2) is 5.16. The monoisotopic (exact) mass is 261 g/mol. The summed E-state index contributed by atoms with van der Waals surface area (Å²) in [4.78, 5) is 14.3. The lowest BCUT2D eigenvalue weighted by Crippen LogP contribution is -2.41. The number of aryl methyl sites for hydroxylation is 2. The minimum absolute atomic E-state index is 0.0453. The lowest BCUT2D eigenvalue weighted by Gasteiger charge is -2.18. The van der Waals surface area contributed by atoms with Crippen molar-refractivity contribution in [3.8, 4) is 12.3 Å². The third kappa shape index (κ3) is 2.94. The lowest BCUT2D eigenvalue weighted by atomic mass is 10.1. The van der Waals surface area contributed by atoms with E-state index in [9.17, 15) is 4.79 Å². The van der Waals surface area contributed by atoms with Gasteiger partial charge in [-0.25, -0.2) is 0 Å². The van der Waals surface area contributed by atoms with E-state index in [0.29, 0.717) is 0 Å². The average molecular weight is 261 g/mol. The van der Waals surface area contributed by atoms with Crippen LogP contribution in [0.3, 0.4) is 0 Å². The van der Waals surface area contributed by atoms with E-state index in [-0.39, 0.29) is 5.91 Å². The molecule has 0 saturated heterocycles. The van der Waals surface area contributed by atoms with Gasteiger partial charge < -0.3 is 5.32 Å². The number of amides is 1. The van der Waals surface area contributed by atoms with E-state index in [4.69, 9.17) is 6.42 Å². The molecule has 1 aromatic heterocycles. The van der Waals surface area contributed by atoms with Crippen LogP contribution in [0.4, 0.5) is 0 Å². The Morgan fingerprint density at radius 3 is 2.83 bits per heavy atom. The van der Waals surface area contributed by atoms with Crippen LogP contribution in [0, 0.1) is 12.3 Å². The van der Waals surface area contributed by atoms with Gasteiger partial charge in [0.2, 0.25) is 0 Å². The zero-order valence-corrected chi connectivity index (χ0v) is 11.8. The maximum absolute atomic E-state index is 12.1. The molecule has 0 saturated carbocycles. The van der Waals surface area contributed by atoms with Crippen molar-refractivity contribution in [2.75, 3.05) is 0 Å². The van der Waals surface area contributed by atoms with Crippen LogP contribution in [0.1, 0.15) is 53.2 Å². The van der Waals surface area contributed by atoms with Gasteiger partial charge in [-0.3, -0.25) is 4.79 Å². The van der Waals surface area contributed by atoms with Crippen molar-refractivity contribution in [3.05, 3.63) is 21.4 Å². The highest BCUT2D eigenvalue weighted by Gasteiger charge is 2.21. The van der Waals surface area contributed by atoms with Crippen LogP contribution in [-0.4, -0.2) is 11.4 Å². The first-order valence-corrected chi connectivity index (χ1v) is 7.25. The summed E-state index contributed by atoms with van der Waals surface area (Å²) in [5, 5.41) is 2.88. The molecular formula is C15H19NOS. The van der Waals surface area contributed by atoms with Gasteiger partial charge in [0.15, 0.2) is 0 Å². The van der Waals surface area contributed by atoms with Crippen molar-refractivity contribution in [2.45, 2.75) is 51.5 Å². The van der Waals surface area contributed by atoms with Crippen LogP contribution >= 0.6 is 11.3 Å². The minimum Gasteiger partial charge on any atom is -0.336 e. The van der Waals surface area contributed by atoms with Crippen LogP contribution in [-0.2, 0) is 12.8 Å². The molecule has 1 aromatic rings. The van der Waals surface area contributed by atoms with Gasteiger partial charge in [0, 0.05) is 4.88 Å². The van der Waals surface area contributed by atoms with E-state index < -0.39 is 5.54 Å². The highest BCUT2D eigenvalue weighted by molar-refractivity contribution is 7.14. The lowest BCUT2D eigenvalue weighted by molar-refractivity contribution is 0.0934. The first-order valence-electron chi connectivity index (χ1n) is 6.44. The number of thiophene rings is 1. The van der Waals surface area contributed by atoms with Gasteiger partial charge in [0.1, 0.15) is 0 Å². The van der Waals surface area contributed by atoms with E-state index in [1.54, 1.807) is 11.3 Å². The Morgan fingerprint density at radius 1 is 1.39 bits per heavy atom. The Kier molecular flexibility index (Phi) is 3.77. The number of carbonyl (C=O) groups excluding carboxylic acids is 1. The smallest absolute Gasteiger partial charge is 0.262 e. The molecule has 0 aliphatic heterocycles. The average Bonchev–Trinajstić information content (AvgIpc) is 2.61. The largest absolute Gasteiger partial charge is 0.336 e. The van der Waals surface area contributed by atoms with E-state index in [1.807, 2.05) is 19.9 Å². The minimum atomic E-state index is -0.585. The molecule has 0 aromatic carbocycles. The van der Waals surface area contributed by atoms with Crippen molar-refractivity contribution < 1.29 is 4.79 Å². The summed E-state index contributed by atoms with van der Waals surface area (Å²) >= 11 is 1.63. The van der Waals surface area contributed by atoms with Gasteiger partial charge in [-0.05, 0) is 51.2 Å². The van der Waals surface area contributed by atoms with Gasteiger partial charge >= 0.3 is 0 Å². The van der Waals surface area contributed by atoms with Crippen molar-refractivity contribution in [2.24, 2.45) is 0 Å². The normalized spacial score (nSPS) is 15.4. The topological polar surface area (TPSA) is 29.1 Å². The fourth-order valence-electron chi connectivity index (χ4n) is 2.16. The summed E-state index contributed by atoms with van der Waals surface area (Å²) in [6.45, 7) is 3.67. The zero-order chi connectivity index (χ0) is 13.2. The van der Waals surface area contributed by atoms with Crippen LogP contribution in [0.15, 0.2) is 6.07 Å². The van der Waals surface area contributed by atoms with Gasteiger partial charge in [-0.1, -0.05) is 12.3 Å². The molecule has 1 amide bonds. The highest BCUT2D eigenvalue weighted by Crippen LogP contribution is 2.29. The summed E-state index contributed by atoms with van der Waals surface area (Å²) in [7, 11) is 0. The Morgan fingerprint density at radius 2 is 2.11 bits per heavy atom. The summed E-state index contributed by atoms with van der Waals surface area (Å²) in [6, 6.07) is 2.05. The van der Waals surface area contributed by atoms with Gasteiger partial charge in [0.25, 0.3) is 5.91 Å². The molecule has 3 heteroatoms. The molecular weight excluding hydrogens is 242 g/mol. The van der Waals surface area contributed by atoms with Crippen molar-refractivity contribution in [1.29, 1.82) is 0 Å². The Labute approximate surface area is 113 Å². The predicted octanol–water partition coefficient (Wildman–Crippen LogP) is 3.16. The second-order valence-corrected chi connectivity index (χ2v) is 6.48. The van der Waals surface area contributed by atoms with E-state index >= 15 is 0 Å². The summed E-state index contributed by atoms with van der Waals surface area (Å²) in [5.41, 5.74) is 0.777. The molecule has 2 nitrogen and oxygen atoms in total. The molecule has 0 atom stereocenters. The van der Waals surface area contributed by atoms with E-state index in [1.165, 1.54) is 29.7 Å². The van der Waals surface area contributed by atoms with E-state index in [0.717, 1.165) is 17.7 Å². The molecule has 2 rings (SSSR count). The molecule has 0 unspecified atom stereocenters. The fourth-order valence-corrected chi connectivity index (χ4v) is 3.31. The third-order valence-electron chi connectivity index (χ3n) is 3.26. The highest BCUT2D eigenvalue weighted by atomic mass is 32.1. The molecule has 18 heavy (non-hydrogen) atoms. The van der Waals surface area contributed by atoms with Crippen LogP contribution in [0.2, 0.25) is 0 Å². The molecule has 1 N–H and O–H groups in total. The molecule has 1 heterocycles. The SMILES string of the molecule is C#CC(C)(C)NC(=O)c1cc2c(s1)CCCCC2.